The van der Waals surface area contributed by atoms with E-state index in [2.05, 4.69) is 17.3 Å². The summed E-state index contributed by atoms with van der Waals surface area (Å²) in [4.78, 5) is 5.54. The molecule has 0 aliphatic carbocycles. The Kier molecular flexibility index (Phi) is 2.59. The Balaban J connectivity index is 2.77. The molecular formula is C11H11NOS. The van der Waals surface area contributed by atoms with Gasteiger partial charge in [0.25, 0.3) is 0 Å². The van der Waals surface area contributed by atoms with Gasteiger partial charge in [0.05, 0.1) is 12.6 Å². The van der Waals surface area contributed by atoms with E-state index in [4.69, 9.17) is 4.74 Å². The number of fused-ring (bicyclic) bond motifs is 1. The third-order valence-corrected chi connectivity index (χ3v) is 2.90. The van der Waals surface area contributed by atoms with Gasteiger partial charge in [0.15, 0.2) is 0 Å². The summed E-state index contributed by atoms with van der Waals surface area (Å²) in [6.07, 6.45) is 3.83. The number of methoxy groups -OCH3 is 1. The molecule has 0 fully saturated rings. The van der Waals surface area contributed by atoms with Gasteiger partial charge in [-0.15, -0.1) is 11.8 Å². The summed E-state index contributed by atoms with van der Waals surface area (Å²) in [7, 11) is 1.68. The van der Waals surface area contributed by atoms with Crippen LogP contribution in [0.3, 0.4) is 0 Å². The molecule has 3 heteroatoms. The average molecular weight is 205 g/mol. The van der Waals surface area contributed by atoms with Crippen molar-refractivity contribution in [1.82, 2.24) is 4.98 Å². The predicted molar refractivity (Wildman–Crippen MR) is 60.1 cm³/mol. The van der Waals surface area contributed by atoms with Crippen molar-refractivity contribution < 1.29 is 4.74 Å². The van der Waals surface area contributed by atoms with E-state index in [9.17, 15) is 0 Å². The number of hydrogen-bond acceptors (Lipinski definition) is 3. The second-order valence-corrected chi connectivity index (χ2v) is 3.72. The predicted octanol–water partition coefficient (Wildman–Crippen LogP) is 2.97. The van der Waals surface area contributed by atoms with Crippen LogP contribution in [0, 0.1) is 0 Å². The molecule has 0 saturated heterocycles. The minimum atomic E-state index is 0.880. The molecule has 1 aromatic carbocycles. The van der Waals surface area contributed by atoms with Crippen molar-refractivity contribution in [2.75, 3.05) is 13.4 Å². The maximum atomic E-state index is 5.28. The van der Waals surface area contributed by atoms with Crippen molar-refractivity contribution in [2.45, 2.75) is 4.90 Å². The lowest BCUT2D eigenvalue weighted by Crippen LogP contribution is -1.87. The van der Waals surface area contributed by atoms with Crippen molar-refractivity contribution in [1.29, 1.82) is 0 Å². The summed E-state index contributed by atoms with van der Waals surface area (Å²) in [6.45, 7) is 0. The Morgan fingerprint density at radius 2 is 2.14 bits per heavy atom. The quantitative estimate of drug-likeness (QED) is 0.704. The van der Waals surface area contributed by atoms with Crippen molar-refractivity contribution in [3.05, 3.63) is 30.5 Å². The van der Waals surface area contributed by atoms with Crippen LogP contribution in [0.4, 0.5) is 0 Å². The van der Waals surface area contributed by atoms with Crippen LogP contribution in [0.1, 0.15) is 0 Å². The van der Waals surface area contributed by atoms with Gasteiger partial charge in [-0.3, -0.25) is 4.98 Å². The van der Waals surface area contributed by atoms with E-state index in [1.165, 1.54) is 4.90 Å². The van der Waals surface area contributed by atoms with E-state index in [0.29, 0.717) is 0 Å². The van der Waals surface area contributed by atoms with Gasteiger partial charge in [0, 0.05) is 16.5 Å². The lowest BCUT2D eigenvalue weighted by atomic mass is 10.2. The molecule has 14 heavy (non-hydrogen) atoms. The highest BCUT2D eigenvalue weighted by Gasteiger charge is 2.04. The molecule has 2 rings (SSSR count). The molecule has 1 heterocycles. The van der Waals surface area contributed by atoms with Crippen LogP contribution in [0.15, 0.2) is 35.4 Å². The van der Waals surface area contributed by atoms with Crippen molar-refractivity contribution in [2.24, 2.45) is 0 Å². The number of nitrogens with zero attached hydrogens (tertiary/aromatic N) is 1. The first-order valence-electron chi connectivity index (χ1n) is 4.32. The Bertz CT molecular complexity index is 413. The zero-order valence-corrected chi connectivity index (χ0v) is 8.97. The van der Waals surface area contributed by atoms with Crippen LogP contribution < -0.4 is 4.74 Å². The van der Waals surface area contributed by atoms with Gasteiger partial charge < -0.3 is 4.74 Å². The molecule has 0 aliphatic rings. The number of thioether (sulfide) groups is 1. The number of ether oxygens (including phenoxy) is 1. The van der Waals surface area contributed by atoms with Gasteiger partial charge in [-0.1, -0.05) is 6.07 Å². The fourth-order valence-corrected chi connectivity index (χ4v) is 2.04. The Labute approximate surface area is 87.3 Å². The number of benzene rings is 1. The van der Waals surface area contributed by atoms with Gasteiger partial charge in [-0.2, -0.15) is 0 Å². The fraction of sp³-hybridized carbons (Fsp3) is 0.182. The molecule has 2 aromatic rings. The standard InChI is InChI=1S/C11H11NOS/c1-13-9-6-7-12-11-8(9)4-3-5-10(11)14-2/h3-7H,1-2H3. The van der Waals surface area contributed by atoms with Gasteiger partial charge in [0.2, 0.25) is 0 Å². The van der Waals surface area contributed by atoms with Crippen LogP contribution in [-0.4, -0.2) is 18.3 Å². The Morgan fingerprint density at radius 1 is 1.29 bits per heavy atom. The molecule has 0 aliphatic heterocycles. The highest BCUT2D eigenvalue weighted by atomic mass is 32.2. The van der Waals surface area contributed by atoms with E-state index in [1.54, 1.807) is 25.1 Å². The summed E-state index contributed by atoms with van der Waals surface area (Å²) in [5.74, 6) is 0.880. The van der Waals surface area contributed by atoms with E-state index in [1.807, 2.05) is 18.2 Å². The summed E-state index contributed by atoms with van der Waals surface area (Å²) in [6, 6.07) is 8.01. The summed E-state index contributed by atoms with van der Waals surface area (Å²) >= 11 is 1.70. The monoisotopic (exact) mass is 205 g/mol. The van der Waals surface area contributed by atoms with Crippen LogP contribution in [0.2, 0.25) is 0 Å². The summed E-state index contributed by atoms with van der Waals surface area (Å²) in [5.41, 5.74) is 1.01. The maximum absolute atomic E-state index is 5.28. The third-order valence-electron chi connectivity index (χ3n) is 2.13. The molecule has 0 amide bonds. The smallest absolute Gasteiger partial charge is 0.129 e. The molecule has 0 atom stereocenters. The maximum Gasteiger partial charge on any atom is 0.129 e. The molecule has 1 aromatic heterocycles. The molecule has 0 bridgehead atoms. The fourth-order valence-electron chi connectivity index (χ4n) is 1.47. The highest BCUT2D eigenvalue weighted by molar-refractivity contribution is 7.98. The number of hydrogen-bond donors (Lipinski definition) is 0. The molecule has 0 radical (unpaired) electrons. The van der Waals surface area contributed by atoms with Crippen molar-refractivity contribution in [3.8, 4) is 5.75 Å². The number of pyridine rings is 1. The molecule has 0 saturated carbocycles. The SMILES string of the molecule is COc1ccnc2c(SC)cccc12. The zero-order valence-electron chi connectivity index (χ0n) is 8.15. The second kappa shape index (κ2) is 3.88. The first-order valence-corrected chi connectivity index (χ1v) is 5.55. The first-order chi connectivity index (χ1) is 6.86. The van der Waals surface area contributed by atoms with Crippen molar-refractivity contribution in [3.63, 3.8) is 0 Å². The van der Waals surface area contributed by atoms with Gasteiger partial charge >= 0.3 is 0 Å². The largest absolute Gasteiger partial charge is 0.496 e. The Morgan fingerprint density at radius 3 is 2.86 bits per heavy atom. The normalized spacial score (nSPS) is 10.4. The lowest BCUT2D eigenvalue weighted by molar-refractivity contribution is 0.419. The van der Waals surface area contributed by atoms with E-state index in [0.717, 1.165) is 16.7 Å². The number of aromatic nitrogens is 1. The molecule has 72 valence electrons. The third kappa shape index (κ3) is 1.44. The van der Waals surface area contributed by atoms with Gasteiger partial charge in [-0.25, -0.2) is 0 Å². The summed E-state index contributed by atoms with van der Waals surface area (Å²) < 4.78 is 5.28. The van der Waals surface area contributed by atoms with E-state index < -0.39 is 0 Å². The molecule has 0 spiro atoms. The molecule has 0 N–H and O–H groups in total. The minimum absolute atomic E-state index is 0.880. The molecule has 2 nitrogen and oxygen atoms in total. The van der Waals surface area contributed by atoms with Gasteiger partial charge in [0.1, 0.15) is 5.75 Å². The van der Waals surface area contributed by atoms with Crippen LogP contribution in [0.25, 0.3) is 10.9 Å². The van der Waals surface area contributed by atoms with Gasteiger partial charge in [-0.05, 0) is 24.5 Å². The van der Waals surface area contributed by atoms with Crippen LogP contribution in [0.5, 0.6) is 5.75 Å². The Hall–Kier alpha value is -1.22. The zero-order chi connectivity index (χ0) is 9.97. The lowest BCUT2D eigenvalue weighted by Gasteiger charge is -2.06. The number of rotatable bonds is 2. The minimum Gasteiger partial charge on any atom is -0.496 e. The van der Waals surface area contributed by atoms with E-state index >= 15 is 0 Å². The van der Waals surface area contributed by atoms with Crippen molar-refractivity contribution >= 4 is 22.7 Å². The average Bonchev–Trinajstić information content (AvgIpc) is 2.27. The first kappa shape index (κ1) is 9.34. The second-order valence-electron chi connectivity index (χ2n) is 2.87. The highest BCUT2D eigenvalue weighted by Crippen LogP contribution is 2.29. The molecular weight excluding hydrogens is 194 g/mol. The van der Waals surface area contributed by atoms with E-state index in [-0.39, 0.29) is 0 Å². The summed E-state index contributed by atoms with van der Waals surface area (Å²) in [5, 5.41) is 1.07. The number of para-hydroxylation sites is 1. The molecule has 0 unspecified atom stereocenters. The van der Waals surface area contributed by atoms with Crippen LogP contribution in [-0.2, 0) is 0 Å². The topological polar surface area (TPSA) is 22.1 Å². The van der Waals surface area contributed by atoms with Crippen LogP contribution >= 0.6 is 11.8 Å².